The van der Waals surface area contributed by atoms with Crippen LogP contribution in [0.4, 0.5) is 5.82 Å². The second-order valence-corrected chi connectivity index (χ2v) is 5.78. The topological polar surface area (TPSA) is 50.7 Å². The average Bonchev–Trinajstić information content (AvgIpc) is 2.45. The minimum atomic E-state index is 0.636. The monoisotopic (exact) mass is 308 g/mol. The van der Waals surface area contributed by atoms with Crippen molar-refractivity contribution in [1.29, 1.82) is 0 Å². The number of nitrogens with one attached hydrogen (secondary N) is 1. The van der Waals surface area contributed by atoms with Crippen molar-refractivity contribution >= 4 is 29.2 Å². The number of aryl methyl sites for hydroxylation is 1. The molecule has 4 nitrogen and oxygen atoms in total. The van der Waals surface area contributed by atoms with E-state index in [2.05, 4.69) is 27.2 Å². The number of hydrogen-bond acceptors (Lipinski definition) is 5. The van der Waals surface area contributed by atoms with Crippen LogP contribution >= 0.6 is 23.4 Å². The number of halogens is 1. The van der Waals surface area contributed by atoms with Gasteiger partial charge in [0, 0.05) is 25.2 Å². The predicted molar refractivity (Wildman–Crippen MR) is 83.7 cm³/mol. The molecule has 0 amide bonds. The lowest BCUT2D eigenvalue weighted by Crippen LogP contribution is -2.04. The van der Waals surface area contributed by atoms with Gasteiger partial charge >= 0.3 is 0 Å². The fraction of sp³-hybridized carbons (Fsp3) is 0.357. The van der Waals surface area contributed by atoms with Gasteiger partial charge < -0.3 is 5.32 Å². The Balaban J connectivity index is 2.33. The number of rotatable bonds is 5. The summed E-state index contributed by atoms with van der Waals surface area (Å²) in [6, 6.07) is 3.73. The molecule has 0 saturated heterocycles. The van der Waals surface area contributed by atoms with E-state index in [1.54, 1.807) is 6.20 Å². The van der Waals surface area contributed by atoms with Crippen molar-refractivity contribution in [2.24, 2.45) is 0 Å². The molecular formula is C14H17ClN4S. The van der Waals surface area contributed by atoms with E-state index in [0.717, 1.165) is 40.1 Å². The van der Waals surface area contributed by atoms with E-state index in [4.69, 9.17) is 11.6 Å². The van der Waals surface area contributed by atoms with Crippen molar-refractivity contribution in [2.45, 2.75) is 36.7 Å². The molecule has 0 aliphatic carbocycles. The van der Waals surface area contributed by atoms with Crippen molar-refractivity contribution in [2.75, 3.05) is 12.4 Å². The zero-order valence-electron chi connectivity index (χ0n) is 11.8. The Labute approximate surface area is 128 Å². The third-order valence-corrected chi connectivity index (χ3v) is 4.02. The molecule has 0 aliphatic rings. The SMILES string of the molecule is CCCc1nc(NC)c(C)c(Sc2ccc(Cl)cn2)n1. The summed E-state index contributed by atoms with van der Waals surface area (Å²) in [5.41, 5.74) is 1.04. The van der Waals surface area contributed by atoms with Crippen LogP contribution in [0.25, 0.3) is 0 Å². The van der Waals surface area contributed by atoms with Gasteiger partial charge in [-0.1, -0.05) is 18.5 Å². The molecule has 0 atom stereocenters. The normalized spacial score (nSPS) is 10.6. The lowest BCUT2D eigenvalue weighted by atomic mass is 10.3. The van der Waals surface area contributed by atoms with Gasteiger partial charge in [0.15, 0.2) is 0 Å². The van der Waals surface area contributed by atoms with Gasteiger partial charge in [-0.2, -0.15) is 0 Å². The van der Waals surface area contributed by atoms with E-state index >= 15 is 0 Å². The number of nitrogens with zero attached hydrogens (tertiary/aromatic N) is 3. The van der Waals surface area contributed by atoms with Gasteiger partial charge in [-0.3, -0.25) is 0 Å². The Bertz CT molecular complexity index is 586. The molecular weight excluding hydrogens is 292 g/mol. The molecule has 106 valence electrons. The molecule has 6 heteroatoms. The molecule has 1 N–H and O–H groups in total. The maximum absolute atomic E-state index is 5.85. The predicted octanol–water partition coefficient (Wildman–Crippen LogP) is 3.98. The lowest BCUT2D eigenvalue weighted by molar-refractivity contribution is 0.803. The molecule has 0 radical (unpaired) electrons. The molecule has 0 bridgehead atoms. The van der Waals surface area contributed by atoms with Crippen LogP contribution < -0.4 is 5.32 Å². The molecule has 0 unspecified atom stereocenters. The Morgan fingerprint density at radius 2 is 2.10 bits per heavy atom. The second-order valence-electron chi connectivity index (χ2n) is 4.34. The highest BCUT2D eigenvalue weighted by Gasteiger charge is 2.11. The van der Waals surface area contributed by atoms with Crippen LogP contribution in [0.3, 0.4) is 0 Å². The summed E-state index contributed by atoms with van der Waals surface area (Å²) in [7, 11) is 1.88. The van der Waals surface area contributed by atoms with Crippen LogP contribution in [0.2, 0.25) is 5.02 Å². The van der Waals surface area contributed by atoms with Crippen LogP contribution in [-0.4, -0.2) is 22.0 Å². The summed E-state index contributed by atoms with van der Waals surface area (Å²) in [6.45, 7) is 4.13. The van der Waals surface area contributed by atoms with E-state index in [-0.39, 0.29) is 0 Å². The Kier molecular flexibility index (Phi) is 5.20. The third kappa shape index (κ3) is 3.61. The van der Waals surface area contributed by atoms with Gasteiger partial charge in [-0.15, -0.1) is 0 Å². The molecule has 0 fully saturated rings. The molecule has 0 aromatic carbocycles. The Morgan fingerprint density at radius 3 is 2.70 bits per heavy atom. The van der Waals surface area contributed by atoms with Gasteiger partial charge in [-0.25, -0.2) is 15.0 Å². The van der Waals surface area contributed by atoms with Gasteiger partial charge in [-0.05, 0) is 37.2 Å². The molecule has 0 saturated carbocycles. The maximum Gasteiger partial charge on any atom is 0.133 e. The first-order chi connectivity index (χ1) is 9.63. The highest BCUT2D eigenvalue weighted by atomic mass is 35.5. The first kappa shape index (κ1) is 15.1. The number of aromatic nitrogens is 3. The van der Waals surface area contributed by atoms with Crippen molar-refractivity contribution in [3.05, 3.63) is 34.7 Å². The molecule has 0 spiro atoms. The van der Waals surface area contributed by atoms with Crippen LogP contribution in [0.5, 0.6) is 0 Å². The molecule has 0 aliphatic heterocycles. The van der Waals surface area contributed by atoms with Crippen molar-refractivity contribution in [1.82, 2.24) is 15.0 Å². The summed E-state index contributed by atoms with van der Waals surface area (Å²) in [6.07, 6.45) is 3.54. The third-order valence-electron chi connectivity index (χ3n) is 2.76. The van der Waals surface area contributed by atoms with Gasteiger partial charge in [0.05, 0.1) is 5.02 Å². The zero-order valence-corrected chi connectivity index (χ0v) is 13.3. The largest absolute Gasteiger partial charge is 0.373 e. The summed E-state index contributed by atoms with van der Waals surface area (Å²) in [4.78, 5) is 13.4. The van der Waals surface area contributed by atoms with Crippen LogP contribution in [-0.2, 0) is 6.42 Å². The quantitative estimate of drug-likeness (QED) is 0.847. The standard InChI is InChI=1S/C14H17ClN4S/c1-4-5-11-18-13(16-3)9(2)14(19-11)20-12-7-6-10(15)8-17-12/h6-8H,4-5H2,1-3H3,(H,16,18,19). The molecule has 2 aromatic heterocycles. The fourth-order valence-electron chi connectivity index (χ4n) is 1.74. The minimum absolute atomic E-state index is 0.636. The Hall–Kier alpha value is -1.33. The summed E-state index contributed by atoms with van der Waals surface area (Å²) in [5.74, 6) is 1.74. The van der Waals surface area contributed by atoms with Crippen molar-refractivity contribution < 1.29 is 0 Å². The first-order valence-corrected chi connectivity index (χ1v) is 7.68. The van der Waals surface area contributed by atoms with Crippen LogP contribution in [0.1, 0.15) is 24.7 Å². The molecule has 2 heterocycles. The highest BCUT2D eigenvalue weighted by Crippen LogP contribution is 2.30. The first-order valence-electron chi connectivity index (χ1n) is 6.48. The fourth-order valence-corrected chi connectivity index (χ4v) is 2.69. The number of anilines is 1. The minimum Gasteiger partial charge on any atom is -0.373 e. The van der Waals surface area contributed by atoms with Crippen molar-refractivity contribution in [3.63, 3.8) is 0 Å². The summed E-state index contributed by atoms with van der Waals surface area (Å²) in [5, 5.41) is 5.57. The average molecular weight is 309 g/mol. The van der Waals surface area contributed by atoms with E-state index in [0.29, 0.717) is 5.02 Å². The van der Waals surface area contributed by atoms with Crippen LogP contribution in [0, 0.1) is 6.92 Å². The van der Waals surface area contributed by atoms with E-state index in [1.807, 2.05) is 26.1 Å². The van der Waals surface area contributed by atoms with Crippen LogP contribution in [0.15, 0.2) is 28.4 Å². The number of hydrogen-bond donors (Lipinski definition) is 1. The number of pyridine rings is 1. The smallest absolute Gasteiger partial charge is 0.133 e. The zero-order chi connectivity index (χ0) is 14.5. The van der Waals surface area contributed by atoms with E-state index < -0.39 is 0 Å². The van der Waals surface area contributed by atoms with E-state index in [9.17, 15) is 0 Å². The second kappa shape index (κ2) is 6.90. The van der Waals surface area contributed by atoms with Gasteiger partial charge in [0.25, 0.3) is 0 Å². The highest BCUT2D eigenvalue weighted by molar-refractivity contribution is 7.99. The molecule has 2 aromatic rings. The maximum atomic E-state index is 5.85. The van der Waals surface area contributed by atoms with Gasteiger partial charge in [0.1, 0.15) is 21.7 Å². The van der Waals surface area contributed by atoms with Gasteiger partial charge in [0.2, 0.25) is 0 Å². The van der Waals surface area contributed by atoms with E-state index in [1.165, 1.54) is 11.8 Å². The lowest BCUT2D eigenvalue weighted by Gasteiger charge is -2.11. The summed E-state index contributed by atoms with van der Waals surface area (Å²) < 4.78 is 0. The molecule has 2 rings (SSSR count). The molecule has 20 heavy (non-hydrogen) atoms. The summed E-state index contributed by atoms with van der Waals surface area (Å²) >= 11 is 7.38. The van der Waals surface area contributed by atoms with Crippen molar-refractivity contribution in [3.8, 4) is 0 Å². The Morgan fingerprint density at radius 1 is 1.30 bits per heavy atom.